The van der Waals surface area contributed by atoms with E-state index in [-0.39, 0.29) is 11.5 Å². The maximum atomic E-state index is 12.5. The van der Waals surface area contributed by atoms with Crippen LogP contribution in [-0.4, -0.2) is 35.0 Å². The van der Waals surface area contributed by atoms with E-state index in [1.165, 1.54) is 19.2 Å². The second kappa shape index (κ2) is 7.86. The molecule has 6 rings (SSSR count). The third kappa shape index (κ3) is 3.33. The maximum Gasteiger partial charge on any atom is 0.222 e. The smallest absolute Gasteiger partial charge is 0.222 e. The number of piperidine rings is 1. The van der Waals surface area contributed by atoms with Crippen molar-refractivity contribution in [3.05, 3.63) is 36.9 Å². The van der Waals surface area contributed by atoms with Gasteiger partial charge in [-0.25, -0.2) is 4.98 Å². The van der Waals surface area contributed by atoms with Crippen LogP contribution in [0.5, 0.6) is 5.75 Å². The van der Waals surface area contributed by atoms with E-state index >= 15 is 0 Å². The van der Waals surface area contributed by atoms with Crippen molar-refractivity contribution in [2.24, 2.45) is 34.5 Å². The first-order valence-corrected chi connectivity index (χ1v) is 13.2. The number of nitrogens with zero attached hydrogens (tertiary/aromatic N) is 2. The van der Waals surface area contributed by atoms with Crippen molar-refractivity contribution in [1.29, 1.82) is 0 Å². The largest absolute Gasteiger partial charge is 0.490 e. The molecule has 0 N–H and O–H groups in total. The lowest BCUT2D eigenvalue weighted by Crippen LogP contribution is -2.62. The van der Waals surface area contributed by atoms with Crippen molar-refractivity contribution in [2.45, 2.75) is 77.9 Å². The van der Waals surface area contributed by atoms with Crippen LogP contribution in [0.15, 0.2) is 41.3 Å². The molecule has 34 heavy (non-hydrogen) atoms. The molecule has 4 fully saturated rings. The molecule has 1 aromatic carbocycles. The first-order chi connectivity index (χ1) is 16.3. The van der Waals surface area contributed by atoms with Gasteiger partial charge in [-0.15, -0.1) is 0 Å². The number of fused-ring (bicyclic) bond motifs is 5. The highest BCUT2D eigenvalue weighted by Crippen LogP contribution is 2.66. The molecule has 1 saturated heterocycles. The molecule has 8 atom stereocenters. The van der Waals surface area contributed by atoms with Gasteiger partial charge in [-0.2, -0.15) is 0 Å². The zero-order valence-electron chi connectivity index (χ0n) is 21.0. The van der Waals surface area contributed by atoms with E-state index < -0.39 is 0 Å². The molecule has 182 valence electrons. The number of aromatic nitrogens is 1. The summed E-state index contributed by atoms with van der Waals surface area (Å²) in [5.74, 6) is 4.89. The van der Waals surface area contributed by atoms with Crippen LogP contribution >= 0.6 is 0 Å². The van der Waals surface area contributed by atoms with Crippen LogP contribution in [0.1, 0.15) is 65.7 Å². The number of amides is 1. The van der Waals surface area contributed by atoms with Gasteiger partial charge in [0.15, 0.2) is 12.2 Å². The van der Waals surface area contributed by atoms with Gasteiger partial charge in [0.2, 0.25) is 5.91 Å². The predicted molar refractivity (Wildman–Crippen MR) is 131 cm³/mol. The van der Waals surface area contributed by atoms with Crippen LogP contribution in [0.25, 0.3) is 11.3 Å². The molecule has 1 aromatic heterocycles. The summed E-state index contributed by atoms with van der Waals surface area (Å²) in [7, 11) is 2.05. The van der Waals surface area contributed by atoms with Gasteiger partial charge in [0.05, 0.1) is 12.3 Å². The molecule has 3 saturated carbocycles. The second-order valence-corrected chi connectivity index (χ2v) is 12.3. The lowest BCUT2D eigenvalue weighted by Gasteiger charge is -2.63. The summed E-state index contributed by atoms with van der Waals surface area (Å²) in [4.78, 5) is 18.6. The fourth-order valence-electron chi connectivity index (χ4n) is 8.80. The Morgan fingerprint density at radius 3 is 2.65 bits per heavy atom. The number of benzene rings is 1. The summed E-state index contributed by atoms with van der Waals surface area (Å²) in [6.07, 6.45) is 11.3. The van der Waals surface area contributed by atoms with Crippen LogP contribution in [0.2, 0.25) is 0 Å². The third-order valence-corrected chi connectivity index (χ3v) is 10.5. The highest BCUT2D eigenvalue weighted by molar-refractivity contribution is 5.77. The van der Waals surface area contributed by atoms with Crippen molar-refractivity contribution in [3.8, 4) is 17.1 Å². The van der Waals surface area contributed by atoms with Crippen LogP contribution in [0.3, 0.4) is 0 Å². The molecule has 0 spiro atoms. The molecule has 5 nitrogen and oxygen atoms in total. The molecular weight excluding hydrogens is 424 g/mol. The van der Waals surface area contributed by atoms with E-state index in [1.807, 2.05) is 0 Å². The number of rotatable bonds is 3. The van der Waals surface area contributed by atoms with E-state index in [1.54, 1.807) is 6.20 Å². The SMILES string of the molecule is C[C@H]1C[C@H]2N(C)C(=O)CC[C@]2(C)[C@H]2CC[C@]3(C)C[C@@H](Oc4ccc(-c5cnco5)cc4)C[C@H]3[C@H]12. The first-order valence-electron chi connectivity index (χ1n) is 13.2. The Morgan fingerprint density at radius 1 is 1.12 bits per heavy atom. The highest BCUT2D eigenvalue weighted by Gasteiger charge is 2.62. The van der Waals surface area contributed by atoms with Crippen molar-refractivity contribution < 1.29 is 13.9 Å². The standard InChI is InChI=1S/C29H38N2O3/c1-18-13-25-29(3,12-10-26(32)31(25)4)22-9-11-28(2)15-21(14-23(28)27(18)22)34-20-7-5-19(6-8-20)24-16-30-17-33-24/h5-8,16-18,21-23,25,27H,9-15H2,1-4H3/t18-,21-,22-,23-,25+,27+,28+,29+/m0/s1. The molecule has 4 aliphatic rings. The van der Waals surface area contributed by atoms with Crippen molar-refractivity contribution in [3.63, 3.8) is 0 Å². The van der Waals surface area contributed by atoms with E-state index in [0.29, 0.717) is 29.2 Å². The Labute approximate surface area is 203 Å². The topological polar surface area (TPSA) is 55.6 Å². The zero-order chi connectivity index (χ0) is 23.7. The van der Waals surface area contributed by atoms with Crippen molar-refractivity contribution >= 4 is 5.91 Å². The lowest BCUT2D eigenvalue weighted by atomic mass is 9.45. The van der Waals surface area contributed by atoms with Gasteiger partial charge in [0, 0.05) is 25.1 Å². The van der Waals surface area contributed by atoms with Gasteiger partial charge in [-0.05, 0) is 97.3 Å². The Bertz CT molecular complexity index is 1050. The molecular formula is C29H38N2O3. The molecule has 2 aromatic rings. The summed E-state index contributed by atoms with van der Waals surface area (Å²) in [6, 6.07) is 8.65. The van der Waals surface area contributed by atoms with Gasteiger partial charge in [-0.1, -0.05) is 20.8 Å². The van der Waals surface area contributed by atoms with Crippen LogP contribution in [0, 0.1) is 34.5 Å². The van der Waals surface area contributed by atoms with Gasteiger partial charge >= 0.3 is 0 Å². The predicted octanol–water partition coefficient (Wildman–Crippen LogP) is 6.20. The molecule has 3 aliphatic carbocycles. The highest BCUT2D eigenvalue weighted by atomic mass is 16.5. The van der Waals surface area contributed by atoms with Crippen molar-refractivity contribution in [1.82, 2.24) is 9.88 Å². The number of ether oxygens (including phenoxy) is 1. The number of carbonyl (C=O) groups excluding carboxylic acids is 1. The molecule has 5 heteroatoms. The summed E-state index contributed by atoms with van der Waals surface area (Å²) in [6.45, 7) is 7.50. The quantitative estimate of drug-likeness (QED) is 0.545. The number of carbonyl (C=O) groups is 1. The third-order valence-electron chi connectivity index (χ3n) is 10.5. The van der Waals surface area contributed by atoms with Crippen molar-refractivity contribution in [2.75, 3.05) is 7.05 Å². The Morgan fingerprint density at radius 2 is 1.91 bits per heavy atom. The monoisotopic (exact) mass is 462 g/mol. The summed E-state index contributed by atoms with van der Waals surface area (Å²) < 4.78 is 12.0. The summed E-state index contributed by atoms with van der Waals surface area (Å²) >= 11 is 0. The van der Waals surface area contributed by atoms with Gasteiger partial charge in [-0.3, -0.25) is 4.79 Å². The number of oxazole rings is 1. The Hall–Kier alpha value is -2.30. The minimum atomic E-state index is 0.261. The fraction of sp³-hybridized carbons (Fsp3) is 0.655. The average molecular weight is 463 g/mol. The van der Waals surface area contributed by atoms with Crippen LogP contribution in [0.4, 0.5) is 0 Å². The molecule has 0 radical (unpaired) electrons. The number of hydrogen-bond acceptors (Lipinski definition) is 4. The van der Waals surface area contributed by atoms with Crippen LogP contribution < -0.4 is 4.74 Å². The minimum absolute atomic E-state index is 0.261. The molecule has 1 amide bonds. The Balaban J connectivity index is 1.21. The number of likely N-dealkylation sites (tertiary alicyclic amines) is 1. The second-order valence-electron chi connectivity index (χ2n) is 12.3. The average Bonchev–Trinajstić information content (AvgIpc) is 3.46. The van der Waals surface area contributed by atoms with Gasteiger partial charge in [0.25, 0.3) is 0 Å². The molecule has 0 bridgehead atoms. The zero-order valence-corrected chi connectivity index (χ0v) is 21.0. The van der Waals surface area contributed by atoms with E-state index in [4.69, 9.17) is 9.15 Å². The Kier molecular flexibility index (Phi) is 5.13. The number of hydrogen-bond donors (Lipinski definition) is 0. The normalized spacial score (nSPS) is 41.5. The fourth-order valence-corrected chi connectivity index (χ4v) is 8.80. The molecule has 1 aliphatic heterocycles. The van der Waals surface area contributed by atoms with Gasteiger partial charge < -0.3 is 14.1 Å². The molecule has 2 heterocycles. The van der Waals surface area contributed by atoms with Crippen LogP contribution in [-0.2, 0) is 4.79 Å². The van der Waals surface area contributed by atoms with E-state index in [9.17, 15) is 4.79 Å². The summed E-state index contributed by atoms with van der Waals surface area (Å²) in [5, 5.41) is 0. The first kappa shape index (κ1) is 22.2. The summed E-state index contributed by atoms with van der Waals surface area (Å²) in [5.41, 5.74) is 1.64. The van der Waals surface area contributed by atoms with E-state index in [0.717, 1.165) is 61.0 Å². The molecule has 0 unspecified atom stereocenters. The maximum absolute atomic E-state index is 12.5. The lowest BCUT2D eigenvalue weighted by molar-refractivity contribution is -0.164. The van der Waals surface area contributed by atoms with Gasteiger partial charge in [0.1, 0.15) is 5.75 Å². The minimum Gasteiger partial charge on any atom is -0.490 e. The van der Waals surface area contributed by atoms with E-state index in [2.05, 4.69) is 62.0 Å².